The molecule has 0 amide bonds. The molecule has 0 aliphatic heterocycles. The Kier molecular flexibility index (Phi) is 4.16. The molecule has 8 heteroatoms. The van der Waals surface area contributed by atoms with Crippen molar-refractivity contribution in [3.8, 4) is 5.88 Å². The second kappa shape index (κ2) is 5.85. The number of anilines is 1. The number of nitrogens with two attached hydrogens (primary N) is 1. The largest absolute Gasteiger partial charge is 0.481 e. The first-order valence-corrected chi connectivity index (χ1v) is 7.20. The maximum Gasteiger partial charge on any atom is 0.242 e. The SMILES string of the molecule is COc1ccc(CNS(=O)(=O)c2ccc(N)nc2)cn1. The van der Waals surface area contributed by atoms with Gasteiger partial charge >= 0.3 is 0 Å². The minimum Gasteiger partial charge on any atom is -0.481 e. The maximum atomic E-state index is 12.0. The van der Waals surface area contributed by atoms with Crippen LogP contribution < -0.4 is 15.2 Å². The Morgan fingerprint density at radius 2 is 2.00 bits per heavy atom. The number of nitrogens with one attached hydrogen (secondary N) is 1. The summed E-state index contributed by atoms with van der Waals surface area (Å²) in [6.45, 7) is 0.129. The second-order valence-electron chi connectivity index (χ2n) is 3.95. The molecule has 0 fully saturated rings. The van der Waals surface area contributed by atoms with E-state index in [-0.39, 0.29) is 17.3 Å². The average Bonchev–Trinajstić information content (AvgIpc) is 2.46. The van der Waals surface area contributed by atoms with Gasteiger partial charge in [-0.15, -0.1) is 0 Å². The number of ether oxygens (including phenoxy) is 1. The number of nitrogen functional groups attached to an aromatic ring is 1. The third kappa shape index (κ3) is 3.43. The van der Waals surface area contributed by atoms with Crippen LogP contribution in [0.15, 0.2) is 41.6 Å². The van der Waals surface area contributed by atoms with E-state index in [9.17, 15) is 8.42 Å². The van der Waals surface area contributed by atoms with Crippen LogP contribution in [0.4, 0.5) is 5.82 Å². The summed E-state index contributed by atoms with van der Waals surface area (Å²) in [5.74, 6) is 0.739. The van der Waals surface area contributed by atoms with Crippen LogP contribution in [0.2, 0.25) is 0 Å². The fourth-order valence-electron chi connectivity index (χ4n) is 1.45. The van der Waals surface area contributed by atoms with E-state index in [0.29, 0.717) is 5.88 Å². The highest BCUT2D eigenvalue weighted by atomic mass is 32.2. The van der Waals surface area contributed by atoms with Gasteiger partial charge in [0.1, 0.15) is 10.7 Å². The van der Waals surface area contributed by atoms with Gasteiger partial charge in [-0.25, -0.2) is 23.1 Å². The number of pyridine rings is 2. The molecular weight excluding hydrogens is 280 g/mol. The van der Waals surface area contributed by atoms with Crippen molar-refractivity contribution in [3.63, 3.8) is 0 Å². The molecule has 0 bridgehead atoms. The van der Waals surface area contributed by atoms with Gasteiger partial charge in [-0.2, -0.15) is 0 Å². The first kappa shape index (κ1) is 14.2. The molecule has 7 nitrogen and oxygen atoms in total. The van der Waals surface area contributed by atoms with E-state index in [0.717, 1.165) is 5.56 Å². The Bertz CT molecular complexity index is 669. The molecule has 0 aliphatic rings. The van der Waals surface area contributed by atoms with Crippen molar-refractivity contribution in [2.75, 3.05) is 12.8 Å². The number of hydrogen-bond donors (Lipinski definition) is 2. The van der Waals surface area contributed by atoms with Gasteiger partial charge in [0.05, 0.1) is 7.11 Å². The van der Waals surface area contributed by atoms with Gasteiger partial charge in [-0.3, -0.25) is 0 Å². The van der Waals surface area contributed by atoms with Gasteiger partial charge in [-0.05, 0) is 17.7 Å². The van der Waals surface area contributed by atoms with E-state index in [1.54, 1.807) is 18.3 Å². The van der Waals surface area contributed by atoms with Crippen molar-refractivity contribution >= 4 is 15.8 Å². The fraction of sp³-hybridized carbons (Fsp3) is 0.167. The first-order valence-electron chi connectivity index (χ1n) is 5.71. The maximum absolute atomic E-state index is 12.0. The third-order valence-corrected chi connectivity index (χ3v) is 3.93. The average molecular weight is 294 g/mol. The van der Waals surface area contributed by atoms with Crippen molar-refractivity contribution in [2.24, 2.45) is 0 Å². The molecule has 3 N–H and O–H groups in total. The molecule has 2 heterocycles. The Hall–Kier alpha value is -2.19. The highest BCUT2D eigenvalue weighted by Crippen LogP contribution is 2.10. The van der Waals surface area contributed by atoms with Gasteiger partial charge in [0.25, 0.3) is 0 Å². The molecule has 20 heavy (non-hydrogen) atoms. The molecule has 106 valence electrons. The minimum absolute atomic E-state index is 0.0631. The molecule has 2 aromatic heterocycles. The Morgan fingerprint density at radius 3 is 2.55 bits per heavy atom. The van der Waals surface area contributed by atoms with Crippen LogP contribution in [0.1, 0.15) is 5.56 Å². The molecule has 0 atom stereocenters. The van der Waals surface area contributed by atoms with E-state index in [1.165, 1.54) is 25.4 Å². The van der Waals surface area contributed by atoms with E-state index in [1.807, 2.05) is 0 Å². The molecule has 0 saturated carbocycles. The number of sulfonamides is 1. The zero-order chi connectivity index (χ0) is 14.6. The number of aromatic nitrogens is 2. The van der Waals surface area contributed by atoms with Crippen LogP contribution in [-0.2, 0) is 16.6 Å². The topological polar surface area (TPSA) is 107 Å². The van der Waals surface area contributed by atoms with E-state index >= 15 is 0 Å². The van der Waals surface area contributed by atoms with Crippen LogP contribution in [0.5, 0.6) is 5.88 Å². The molecule has 0 saturated heterocycles. The Labute approximate surface area is 116 Å². The first-order chi connectivity index (χ1) is 9.51. The van der Waals surface area contributed by atoms with Crippen LogP contribution in [0.25, 0.3) is 0 Å². The Morgan fingerprint density at radius 1 is 1.20 bits per heavy atom. The summed E-state index contributed by atoms with van der Waals surface area (Å²) in [6.07, 6.45) is 2.76. The molecule has 0 unspecified atom stereocenters. The fourth-order valence-corrected chi connectivity index (χ4v) is 2.41. The minimum atomic E-state index is -3.62. The van der Waals surface area contributed by atoms with Gasteiger partial charge < -0.3 is 10.5 Å². The highest BCUT2D eigenvalue weighted by Gasteiger charge is 2.13. The molecule has 0 spiro atoms. The summed E-state index contributed by atoms with van der Waals surface area (Å²) in [5, 5.41) is 0. The lowest BCUT2D eigenvalue weighted by atomic mass is 10.3. The van der Waals surface area contributed by atoms with Gasteiger partial charge in [0, 0.05) is 25.0 Å². The van der Waals surface area contributed by atoms with Crippen LogP contribution in [0, 0.1) is 0 Å². The zero-order valence-corrected chi connectivity index (χ0v) is 11.6. The summed E-state index contributed by atoms with van der Waals surface area (Å²) < 4.78 is 31.4. The quantitative estimate of drug-likeness (QED) is 0.833. The predicted octanol–water partition coefficient (Wildman–Crippen LogP) is 0.546. The molecule has 0 radical (unpaired) electrons. The van der Waals surface area contributed by atoms with Crippen LogP contribution in [-0.4, -0.2) is 25.5 Å². The number of nitrogens with zero attached hydrogens (tertiary/aromatic N) is 2. The lowest BCUT2D eigenvalue weighted by Crippen LogP contribution is -2.23. The number of hydrogen-bond acceptors (Lipinski definition) is 6. The normalized spacial score (nSPS) is 11.2. The predicted molar refractivity (Wildman–Crippen MR) is 73.5 cm³/mol. The van der Waals surface area contributed by atoms with Crippen LogP contribution in [0.3, 0.4) is 0 Å². The standard InChI is InChI=1S/C12H14N4O3S/c1-19-12-5-2-9(6-15-12)7-16-20(17,18)10-3-4-11(13)14-8-10/h2-6,8,16H,7H2,1H3,(H2,13,14). The van der Waals surface area contributed by atoms with Crippen LogP contribution >= 0.6 is 0 Å². The highest BCUT2D eigenvalue weighted by molar-refractivity contribution is 7.89. The lowest BCUT2D eigenvalue weighted by molar-refractivity contribution is 0.397. The zero-order valence-electron chi connectivity index (χ0n) is 10.8. The monoisotopic (exact) mass is 294 g/mol. The summed E-state index contributed by atoms with van der Waals surface area (Å²) in [5.41, 5.74) is 6.14. The molecule has 2 aromatic rings. The molecule has 0 aliphatic carbocycles. The van der Waals surface area contributed by atoms with E-state index in [4.69, 9.17) is 10.5 Å². The third-order valence-electron chi connectivity index (χ3n) is 2.54. The van der Waals surface area contributed by atoms with Gasteiger partial charge in [0.15, 0.2) is 0 Å². The second-order valence-corrected chi connectivity index (χ2v) is 5.72. The Balaban J connectivity index is 2.06. The van der Waals surface area contributed by atoms with E-state index < -0.39 is 10.0 Å². The molecule has 2 rings (SSSR count). The molecule has 0 aromatic carbocycles. The lowest BCUT2D eigenvalue weighted by Gasteiger charge is -2.07. The molecular formula is C12H14N4O3S. The number of methoxy groups -OCH3 is 1. The van der Waals surface area contributed by atoms with E-state index in [2.05, 4.69) is 14.7 Å². The van der Waals surface area contributed by atoms with Crippen molar-refractivity contribution in [1.29, 1.82) is 0 Å². The van der Waals surface area contributed by atoms with Crippen molar-refractivity contribution in [1.82, 2.24) is 14.7 Å². The smallest absolute Gasteiger partial charge is 0.242 e. The van der Waals surface area contributed by atoms with Crippen molar-refractivity contribution in [2.45, 2.75) is 11.4 Å². The summed E-state index contributed by atoms with van der Waals surface area (Å²) in [6, 6.07) is 6.23. The van der Waals surface area contributed by atoms with Gasteiger partial charge in [-0.1, -0.05) is 6.07 Å². The summed E-state index contributed by atoms with van der Waals surface area (Å²) in [4.78, 5) is 7.81. The van der Waals surface area contributed by atoms with Gasteiger partial charge in [0.2, 0.25) is 15.9 Å². The van der Waals surface area contributed by atoms with Crippen molar-refractivity contribution < 1.29 is 13.2 Å². The summed E-state index contributed by atoms with van der Waals surface area (Å²) in [7, 11) is -2.11. The summed E-state index contributed by atoms with van der Waals surface area (Å²) >= 11 is 0. The van der Waals surface area contributed by atoms with Crippen molar-refractivity contribution in [3.05, 3.63) is 42.2 Å². The number of rotatable bonds is 5.